The second-order valence-electron chi connectivity index (χ2n) is 8.89. The first-order chi connectivity index (χ1) is 16.7. The highest BCUT2D eigenvalue weighted by Crippen LogP contribution is 2.23. The predicted molar refractivity (Wildman–Crippen MR) is 138 cm³/mol. The maximum Gasteiger partial charge on any atom is 0.321 e. The minimum Gasteiger partial charge on any atom is -0.330 e. The zero-order valence-electron chi connectivity index (χ0n) is 20.9. The van der Waals surface area contributed by atoms with Crippen LogP contribution in [-0.4, -0.2) is 77.4 Å². The van der Waals surface area contributed by atoms with Gasteiger partial charge in [0.2, 0.25) is 10.0 Å². The molecule has 188 valence electrons. The van der Waals surface area contributed by atoms with Crippen LogP contribution in [0.5, 0.6) is 0 Å². The van der Waals surface area contributed by atoms with Gasteiger partial charge >= 0.3 is 6.03 Å². The van der Waals surface area contributed by atoms with Gasteiger partial charge in [-0.2, -0.15) is 4.31 Å². The Bertz CT molecular complexity index is 1310. The van der Waals surface area contributed by atoms with Crippen molar-refractivity contribution in [2.75, 3.05) is 44.6 Å². The van der Waals surface area contributed by atoms with Gasteiger partial charge in [-0.25, -0.2) is 18.2 Å². The third kappa shape index (κ3) is 5.34. The molecule has 1 aliphatic heterocycles. The second-order valence-corrected chi connectivity index (χ2v) is 10.8. The predicted octanol–water partition coefficient (Wildman–Crippen LogP) is 3.26. The van der Waals surface area contributed by atoms with Crippen molar-refractivity contribution in [3.8, 4) is 0 Å². The highest BCUT2D eigenvalue weighted by molar-refractivity contribution is 7.89. The molecular formula is C25H34N6O3S. The van der Waals surface area contributed by atoms with Crippen molar-refractivity contribution < 1.29 is 13.2 Å². The summed E-state index contributed by atoms with van der Waals surface area (Å²) < 4.78 is 29.3. The number of urea groups is 1. The Kier molecular flexibility index (Phi) is 7.44. The number of hydrogen-bond acceptors (Lipinski definition) is 5. The van der Waals surface area contributed by atoms with Crippen molar-refractivity contribution in [1.29, 1.82) is 0 Å². The lowest BCUT2D eigenvalue weighted by Gasteiger charge is -2.34. The second kappa shape index (κ2) is 10.3. The van der Waals surface area contributed by atoms with Gasteiger partial charge in [0, 0.05) is 52.0 Å². The number of nitrogens with one attached hydrogen (secondary N) is 1. The molecule has 35 heavy (non-hydrogen) atoms. The summed E-state index contributed by atoms with van der Waals surface area (Å²) >= 11 is 0. The van der Waals surface area contributed by atoms with E-state index in [1.165, 1.54) is 4.31 Å². The van der Waals surface area contributed by atoms with E-state index < -0.39 is 10.0 Å². The lowest BCUT2D eigenvalue weighted by Crippen LogP contribution is -2.49. The van der Waals surface area contributed by atoms with Crippen LogP contribution in [0.15, 0.2) is 47.4 Å². The number of amides is 2. The standard InChI is InChI=1S/C25H34N6O3S/c1-5-31(6-2)35(33,34)21-10-11-23-22(17-21)27-24(28(23)4)18-29-12-14-30(15-13-29)25(32)26-20-9-7-8-19(3)16-20/h7-11,16-17H,5-6,12-15,18H2,1-4H3,(H,26,32). The fourth-order valence-corrected chi connectivity index (χ4v) is 5.96. The van der Waals surface area contributed by atoms with Crippen LogP contribution in [0.3, 0.4) is 0 Å². The topological polar surface area (TPSA) is 90.8 Å². The molecule has 2 amide bonds. The maximum atomic E-state index is 12.9. The highest BCUT2D eigenvalue weighted by Gasteiger charge is 2.25. The summed E-state index contributed by atoms with van der Waals surface area (Å²) in [6, 6.07) is 12.9. The molecule has 0 radical (unpaired) electrons. The molecule has 1 aromatic heterocycles. The Morgan fingerprint density at radius 2 is 1.77 bits per heavy atom. The number of aromatic nitrogens is 2. The van der Waals surface area contributed by atoms with E-state index in [0.29, 0.717) is 38.2 Å². The summed E-state index contributed by atoms with van der Waals surface area (Å²) in [6.45, 7) is 9.92. The van der Waals surface area contributed by atoms with Gasteiger partial charge < -0.3 is 14.8 Å². The largest absolute Gasteiger partial charge is 0.330 e. The maximum absolute atomic E-state index is 12.9. The summed E-state index contributed by atoms with van der Waals surface area (Å²) in [5.41, 5.74) is 3.48. The minimum absolute atomic E-state index is 0.0834. The lowest BCUT2D eigenvalue weighted by atomic mass is 10.2. The zero-order chi connectivity index (χ0) is 25.2. The highest BCUT2D eigenvalue weighted by atomic mass is 32.2. The Morgan fingerprint density at radius 3 is 2.43 bits per heavy atom. The van der Waals surface area contributed by atoms with Gasteiger partial charge in [0.25, 0.3) is 0 Å². The van der Waals surface area contributed by atoms with E-state index in [4.69, 9.17) is 4.98 Å². The first-order valence-corrected chi connectivity index (χ1v) is 13.5. The average molecular weight is 499 g/mol. The molecule has 9 nitrogen and oxygen atoms in total. The third-order valence-corrected chi connectivity index (χ3v) is 8.63. The number of hydrogen-bond donors (Lipinski definition) is 1. The summed E-state index contributed by atoms with van der Waals surface area (Å²) in [6.07, 6.45) is 0. The van der Waals surface area contributed by atoms with Crippen molar-refractivity contribution in [3.05, 3.63) is 53.9 Å². The van der Waals surface area contributed by atoms with E-state index in [2.05, 4.69) is 10.2 Å². The van der Waals surface area contributed by atoms with Gasteiger partial charge in [0.1, 0.15) is 5.82 Å². The van der Waals surface area contributed by atoms with Crippen LogP contribution in [0, 0.1) is 6.92 Å². The number of carbonyl (C=O) groups is 1. The zero-order valence-corrected chi connectivity index (χ0v) is 21.7. The number of imidazole rings is 1. The molecule has 0 saturated carbocycles. The molecule has 1 N–H and O–H groups in total. The molecule has 0 aliphatic carbocycles. The SMILES string of the molecule is CCN(CC)S(=O)(=O)c1ccc2c(c1)nc(CN1CCN(C(=O)Nc3cccc(C)c3)CC1)n2C. The molecule has 1 fully saturated rings. The van der Waals surface area contributed by atoms with Crippen LogP contribution < -0.4 is 5.32 Å². The molecule has 0 spiro atoms. The number of rotatable bonds is 7. The first-order valence-electron chi connectivity index (χ1n) is 12.0. The van der Waals surface area contributed by atoms with Crippen molar-refractivity contribution in [2.45, 2.75) is 32.2 Å². The van der Waals surface area contributed by atoms with E-state index in [1.807, 2.05) is 67.6 Å². The molecule has 1 aliphatic rings. The number of piperazine rings is 1. The number of aryl methyl sites for hydroxylation is 2. The van der Waals surface area contributed by atoms with Gasteiger partial charge in [-0.05, 0) is 42.8 Å². The molecule has 0 unspecified atom stereocenters. The number of fused-ring (bicyclic) bond motifs is 1. The Morgan fingerprint density at radius 1 is 1.06 bits per heavy atom. The molecule has 4 rings (SSSR count). The Labute approximate surface area is 207 Å². The van der Waals surface area contributed by atoms with Crippen molar-refractivity contribution >= 4 is 32.8 Å². The molecule has 2 heterocycles. The molecule has 0 bridgehead atoms. The Hall–Kier alpha value is -2.95. The van der Waals surface area contributed by atoms with Crippen molar-refractivity contribution in [3.63, 3.8) is 0 Å². The van der Waals surface area contributed by atoms with Gasteiger partial charge in [-0.15, -0.1) is 0 Å². The van der Waals surface area contributed by atoms with E-state index in [-0.39, 0.29) is 10.9 Å². The minimum atomic E-state index is -3.53. The summed E-state index contributed by atoms with van der Waals surface area (Å²) in [4.78, 5) is 21.8. The van der Waals surface area contributed by atoms with Crippen molar-refractivity contribution in [1.82, 2.24) is 23.7 Å². The van der Waals surface area contributed by atoms with Crippen LogP contribution >= 0.6 is 0 Å². The number of carbonyl (C=O) groups excluding carboxylic acids is 1. The monoisotopic (exact) mass is 498 g/mol. The molecule has 10 heteroatoms. The van der Waals surface area contributed by atoms with Gasteiger partial charge in [-0.1, -0.05) is 26.0 Å². The smallest absolute Gasteiger partial charge is 0.321 e. The average Bonchev–Trinajstić information content (AvgIpc) is 3.14. The van der Waals surface area contributed by atoms with E-state index in [0.717, 1.165) is 35.7 Å². The Balaban J connectivity index is 1.41. The molecule has 0 atom stereocenters. The fourth-order valence-electron chi connectivity index (χ4n) is 4.48. The van der Waals surface area contributed by atoms with Crippen molar-refractivity contribution in [2.24, 2.45) is 7.05 Å². The van der Waals surface area contributed by atoms with E-state index in [9.17, 15) is 13.2 Å². The number of nitrogens with zero attached hydrogens (tertiary/aromatic N) is 5. The van der Waals surface area contributed by atoms with Gasteiger partial charge in [0.15, 0.2) is 0 Å². The number of sulfonamides is 1. The molecule has 2 aromatic carbocycles. The summed E-state index contributed by atoms with van der Waals surface area (Å²) in [5, 5.41) is 2.98. The lowest BCUT2D eigenvalue weighted by molar-refractivity contribution is 0.140. The van der Waals surface area contributed by atoms with Gasteiger partial charge in [-0.3, -0.25) is 4.90 Å². The molecule has 1 saturated heterocycles. The number of benzene rings is 2. The fraction of sp³-hybridized carbons (Fsp3) is 0.440. The van der Waals surface area contributed by atoms with Crippen LogP contribution in [0.1, 0.15) is 25.2 Å². The van der Waals surface area contributed by atoms with E-state index >= 15 is 0 Å². The number of anilines is 1. The third-order valence-electron chi connectivity index (χ3n) is 6.58. The van der Waals surface area contributed by atoms with Crippen LogP contribution in [0.4, 0.5) is 10.5 Å². The molecular weight excluding hydrogens is 464 g/mol. The first kappa shape index (κ1) is 25.2. The van der Waals surface area contributed by atoms with Gasteiger partial charge in [0.05, 0.1) is 22.5 Å². The quantitative estimate of drug-likeness (QED) is 0.540. The van der Waals surface area contributed by atoms with Crippen LogP contribution in [0.25, 0.3) is 11.0 Å². The van der Waals surface area contributed by atoms with Crippen LogP contribution in [-0.2, 0) is 23.6 Å². The van der Waals surface area contributed by atoms with E-state index in [1.54, 1.807) is 12.1 Å². The van der Waals surface area contributed by atoms with Crippen LogP contribution in [0.2, 0.25) is 0 Å². The normalized spacial score (nSPS) is 15.2. The summed E-state index contributed by atoms with van der Waals surface area (Å²) in [7, 11) is -1.58. The molecule has 3 aromatic rings. The summed E-state index contributed by atoms with van der Waals surface area (Å²) in [5.74, 6) is 0.870.